The van der Waals surface area contributed by atoms with Crippen molar-refractivity contribution in [2.24, 2.45) is 5.92 Å². The highest BCUT2D eigenvalue weighted by Gasteiger charge is 2.43. The van der Waals surface area contributed by atoms with Crippen molar-refractivity contribution < 1.29 is 9.53 Å². The van der Waals surface area contributed by atoms with Gasteiger partial charge in [-0.15, -0.1) is 0 Å². The number of esters is 1. The molecule has 1 N–H and O–H groups in total. The molecule has 20 heavy (non-hydrogen) atoms. The Labute approximate surface area is 123 Å². The fourth-order valence-electron chi connectivity index (χ4n) is 3.70. The van der Waals surface area contributed by atoms with Crippen molar-refractivity contribution in [3.63, 3.8) is 0 Å². The van der Waals surface area contributed by atoms with Crippen molar-refractivity contribution in [1.82, 2.24) is 10.2 Å². The highest BCUT2D eigenvalue weighted by Crippen LogP contribution is 2.28. The van der Waals surface area contributed by atoms with Gasteiger partial charge in [-0.05, 0) is 31.6 Å². The summed E-state index contributed by atoms with van der Waals surface area (Å²) in [5.41, 5.74) is -0.433. The molecule has 0 radical (unpaired) electrons. The molecule has 4 heteroatoms. The first-order valence-electron chi connectivity index (χ1n) is 8.14. The maximum Gasteiger partial charge on any atom is 0.326 e. The monoisotopic (exact) mass is 282 g/mol. The van der Waals surface area contributed by atoms with Gasteiger partial charge in [-0.1, -0.05) is 26.7 Å². The fraction of sp³-hybridized carbons (Fsp3) is 0.938. The molecule has 2 fully saturated rings. The van der Waals surface area contributed by atoms with E-state index in [1.807, 2.05) is 0 Å². The quantitative estimate of drug-likeness (QED) is 0.785. The van der Waals surface area contributed by atoms with Crippen molar-refractivity contribution in [2.45, 2.75) is 64.0 Å². The van der Waals surface area contributed by atoms with Crippen LogP contribution in [0.3, 0.4) is 0 Å². The van der Waals surface area contributed by atoms with Gasteiger partial charge in [-0.3, -0.25) is 10.1 Å². The number of likely N-dealkylation sites (tertiary alicyclic amines) is 1. The van der Waals surface area contributed by atoms with E-state index in [9.17, 15) is 4.79 Å². The van der Waals surface area contributed by atoms with E-state index in [-0.39, 0.29) is 5.97 Å². The zero-order chi connectivity index (χ0) is 14.6. The number of carbonyl (C=O) groups excluding carboxylic acids is 1. The van der Waals surface area contributed by atoms with Crippen LogP contribution in [0.25, 0.3) is 0 Å². The van der Waals surface area contributed by atoms with Crippen molar-refractivity contribution in [3.05, 3.63) is 0 Å². The van der Waals surface area contributed by atoms with E-state index in [2.05, 4.69) is 24.1 Å². The molecule has 1 saturated heterocycles. The molecule has 2 rings (SSSR count). The van der Waals surface area contributed by atoms with Crippen LogP contribution < -0.4 is 5.32 Å². The van der Waals surface area contributed by atoms with Gasteiger partial charge < -0.3 is 9.64 Å². The van der Waals surface area contributed by atoms with Gasteiger partial charge in [0, 0.05) is 25.7 Å². The predicted molar refractivity (Wildman–Crippen MR) is 80.7 cm³/mol. The molecular weight excluding hydrogens is 252 g/mol. The summed E-state index contributed by atoms with van der Waals surface area (Å²) in [6, 6.07) is 0.505. The average molecular weight is 282 g/mol. The van der Waals surface area contributed by atoms with Gasteiger partial charge in [-0.25, -0.2) is 0 Å². The smallest absolute Gasteiger partial charge is 0.326 e. The van der Waals surface area contributed by atoms with Crippen LogP contribution in [-0.2, 0) is 9.53 Å². The lowest BCUT2D eigenvalue weighted by Gasteiger charge is -2.42. The van der Waals surface area contributed by atoms with Crippen LogP contribution in [0.1, 0.15) is 52.4 Å². The van der Waals surface area contributed by atoms with Gasteiger partial charge in [-0.2, -0.15) is 0 Å². The Kier molecular flexibility index (Phi) is 5.44. The maximum atomic E-state index is 12.3. The average Bonchev–Trinajstić information content (AvgIpc) is 2.92. The zero-order valence-electron chi connectivity index (χ0n) is 13.3. The Hall–Kier alpha value is -0.610. The summed E-state index contributed by atoms with van der Waals surface area (Å²) < 4.78 is 5.10. The predicted octanol–water partition coefficient (Wildman–Crippen LogP) is 2.18. The normalized spacial score (nSPS) is 24.2. The number of piperidine rings is 1. The van der Waals surface area contributed by atoms with Gasteiger partial charge in [0.1, 0.15) is 5.54 Å². The maximum absolute atomic E-state index is 12.3. The number of methoxy groups -OCH3 is 1. The molecule has 0 amide bonds. The second kappa shape index (κ2) is 6.90. The van der Waals surface area contributed by atoms with Gasteiger partial charge in [0.05, 0.1) is 7.11 Å². The lowest BCUT2D eigenvalue weighted by atomic mass is 9.86. The van der Waals surface area contributed by atoms with E-state index in [4.69, 9.17) is 4.74 Å². The largest absolute Gasteiger partial charge is 0.468 e. The molecule has 1 heterocycles. The number of nitrogens with zero attached hydrogens (tertiary/aromatic N) is 1. The van der Waals surface area contributed by atoms with Crippen LogP contribution in [0.5, 0.6) is 0 Å². The molecule has 1 aliphatic carbocycles. The lowest BCUT2D eigenvalue weighted by Crippen LogP contribution is -2.61. The third kappa shape index (κ3) is 3.73. The van der Waals surface area contributed by atoms with Crippen LogP contribution in [-0.4, -0.2) is 49.2 Å². The van der Waals surface area contributed by atoms with Crippen molar-refractivity contribution in [2.75, 3.05) is 26.7 Å². The number of nitrogens with one attached hydrogen (secondary N) is 1. The van der Waals surface area contributed by atoms with Crippen LogP contribution in [0, 0.1) is 5.92 Å². The van der Waals surface area contributed by atoms with Crippen molar-refractivity contribution in [3.8, 4) is 0 Å². The molecular formula is C16H30N2O2. The molecule has 0 aromatic carbocycles. The summed E-state index contributed by atoms with van der Waals surface area (Å²) in [5.74, 6) is 0.622. The summed E-state index contributed by atoms with van der Waals surface area (Å²) in [6.07, 6.45) is 6.73. The Morgan fingerprint density at radius 2 is 1.90 bits per heavy atom. The van der Waals surface area contributed by atoms with Gasteiger partial charge >= 0.3 is 5.97 Å². The second-order valence-electron chi connectivity index (χ2n) is 6.89. The summed E-state index contributed by atoms with van der Waals surface area (Å²) in [4.78, 5) is 14.8. The minimum atomic E-state index is -0.433. The van der Waals surface area contributed by atoms with E-state index in [0.717, 1.165) is 32.5 Å². The number of hydrogen-bond donors (Lipinski definition) is 1. The van der Waals surface area contributed by atoms with E-state index in [1.165, 1.54) is 32.8 Å². The SMILES string of the molecule is COC(=O)C1(NC2CCCC2)CCN(CC(C)C)CC1. The highest BCUT2D eigenvalue weighted by atomic mass is 16.5. The summed E-state index contributed by atoms with van der Waals surface area (Å²) in [5, 5.41) is 3.65. The summed E-state index contributed by atoms with van der Waals surface area (Å²) >= 11 is 0. The Morgan fingerprint density at radius 3 is 2.40 bits per heavy atom. The van der Waals surface area contributed by atoms with E-state index < -0.39 is 5.54 Å². The Bertz CT molecular complexity index is 316. The first kappa shape index (κ1) is 15.8. The standard InChI is InChI=1S/C16H30N2O2/c1-13(2)12-18-10-8-16(9-11-18,15(19)20-3)17-14-6-4-5-7-14/h13-14,17H,4-12H2,1-3H3. The van der Waals surface area contributed by atoms with Gasteiger partial charge in [0.2, 0.25) is 0 Å². The molecule has 0 atom stereocenters. The van der Waals surface area contributed by atoms with E-state index >= 15 is 0 Å². The van der Waals surface area contributed by atoms with Crippen LogP contribution in [0.15, 0.2) is 0 Å². The fourth-order valence-corrected chi connectivity index (χ4v) is 3.70. The summed E-state index contributed by atoms with van der Waals surface area (Å²) in [6.45, 7) is 7.61. The van der Waals surface area contributed by atoms with Gasteiger partial charge in [0.25, 0.3) is 0 Å². The molecule has 1 saturated carbocycles. The minimum absolute atomic E-state index is 0.0615. The highest BCUT2D eigenvalue weighted by molar-refractivity contribution is 5.81. The van der Waals surface area contributed by atoms with Crippen LogP contribution >= 0.6 is 0 Å². The summed E-state index contributed by atoms with van der Waals surface area (Å²) in [7, 11) is 1.51. The molecule has 0 aromatic heterocycles. The van der Waals surface area contributed by atoms with Crippen LogP contribution in [0.2, 0.25) is 0 Å². The number of ether oxygens (including phenoxy) is 1. The van der Waals surface area contributed by atoms with Crippen molar-refractivity contribution in [1.29, 1.82) is 0 Å². The number of carbonyl (C=O) groups is 1. The van der Waals surface area contributed by atoms with Crippen LogP contribution in [0.4, 0.5) is 0 Å². The number of hydrogen-bond acceptors (Lipinski definition) is 4. The first-order valence-corrected chi connectivity index (χ1v) is 8.14. The van der Waals surface area contributed by atoms with E-state index in [1.54, 1.807) is 0 Å². The van der Waals surface area contributed by atoms with E-state index in [0.29, 0.717) is 12.0 Å². The zero-order valence-corrected chi connectivity index (χ0v) is 13.3. The topological polar surface area (TPSA) is 41.6 Å². The Balaban J connectivity index is 1.97. The third-order valence-electron chi connectivity index (χ3n) is 4.74. The molecule has 2 aliphatic rings. The molecule has 0 spiro atoms. The lowest BCUT2D eigenvalue weighted by molar-refractivity contribution is -0.151. The molecule has 4 nitrogen and oxygen atoms in total. The van der Waals surface area contributed by atoms with Crippen molar-refractivity contribution >= 4 is 5.97 Å². The second-order valence-corrected chi connectivity index (χ2v) is 6.89. The molecule has 0 unspecified atom stereocenters. The Morgan fingerprint density at radius 1 is 1.30 bits per heavy atom. The molecule has 116 valence electrons. The molecule has 1 aliphatic heterocycles. The third-order valence-corrected chi connectivity index (χ3v) is 4.74. The first-order chi connectivity index (χ1) is 9.55. The molecule has 0 aromatic rings. The minimum Gasteiger partial charge on any atom is -0.468 e. The molecule has 0 bridgehead atoms. The number of rotatable bonds is 5. The van der Waals surface area contributed by atoms with Gasteiger partial charge in [0.15, 0.2) is 0 Å².